The highest BCUT2D eigenvalue weighted by molar-refractivity contribution is 7.26. The molecule has 1 aliphatic carbocycles. The van der Waals surface area contributed by atoms with Gasteiger partial charge in [-0.25, -0.2) is 4.98 Å². The summed E-state index contributed by atoms with van der Waals surface area (Å²) in [5, 5.41) is 5.00. The highest BCUT2D eigenvalue weighted by Crippen LogP contribution is 2.49. The van der Waals surface area contributed by atoms with Gasteiger partial charge in [0.1, 0.15) is 5.69 Å². The van der Waals surface area contributed by atoms with Crippen LogP contribution in [0.15, 0.2) is 162 Å². The van der Waals surface area contributed by atoms with Gasteiger partial charge < -0.3 is 9.32 Å². The van der Waals surface area contributed by atoms with Crippen LogP contribution in [0.1, 0.15) is 0 Å². The van der Waals surface area contributed by atoms with Crippen molar-refractivity contribution in [3.63, 3.8) is 0 Å². The highest BCUT2D eigenvalue weighted by Gasteiger charge is 2.28. The number of hydrogen-bond donors (Lipinski definition) is 0. The van der Waals surface area contributed by atoms with Crippen molar-refractivity contribution in [2.24, 2.45) is 0 Å². The smallest absolute Gasteiger partial charge is 0.227 e. The number of anilines is 3. The van der Waals surface area contributed by atoms with Crippen molar-refractivity contribution in [1.82, 2.24) is 4.98 Å². The Morgan fingerprint density at radius 1 is 0.511 bits per heavy atom. The van der Waals surface area contributed by atoms with Crippen molar-refractivity contribution in [3.05, 3.63) is 158 Å². The molecule has 7 aromatic carbocycles. The summed E-state index contributed by atoms with van der Waals surface area (Å²) in [6, 6.07) is 56.1. The lowest BCUT2D eigenvalue weighted by Gasteiger charge is -2.26. The van der Waals surface area contributed by atoms with Gasteiger partial charge in [-0.3, -0.25) is 0 Å². The molecule has 0 saturated carbocycles. The van der Waals surface area contributed by atoms with E-state index in [1.807, 2.05) is 11.3 Å². The predicted octanol–water partition coefficient (Wildman–Crippen LogP) is 12.6. The third kappa shape index (κ3) is 4.09. The minimum absolute atomic E-state index is 0.637. The topological polar surface area (TPSA) is 29.3 Å². The number of thiophene rings is 1. The summed E-state index contributed by atoms with van der Waals surface area (Å²) in [5.74, 6) is 1.49. The first-order valence-electron chi connectivity index (χ1n) is 15.8. The van der Waals surface area contributed by atoms with Crippen molar-refractivity contribution in [2.45, 2.75) is 0 Å². The van der Waals surface area contributed by atoms with Crippen LogP contribution in [0.5, 0.6) is 0 Å². The van der Waals surface area contributed by atoms with Gasteiger partial charge in [0, 0.05) is 48.9 Å². The van der Waals surface area contributed by atoms with Crippen LogP contribution in [0.2, 0.25) is 0 Å². The zero-order chi connectivity index (χ0) is 30.9. The van der Waals surface area contributed by atoms with E-state index in [0.29, 0.717) is 5.89 Å². The molecular formula is C43H26N2OS. The largest absolute Gasteiger partial charge is 0.435 e. The van der Waals surface area contributed by atoms with Gasteiger partial charge in [-0.1, -0.05) is 109 Å². The third-order valence-corrected chi connectivity index (χ3v) is 10.5. The molecule has 0 fully saturated rings. The number of fused-ring (bicyclic) bond motifs is 6. The molecule has 3 nitrogen and oxygen atoms in total. The lowest BCUT2D eigenvalue weighted by Crippen LogP contribution is -2.10. The third-order valence-electron chi connectivity index (χ3n) is 9.26. The molecule has 0 saturated heterocycles. The highest BCUT2D eigenvalue weighted by atomic mass is 32.1. The quantitative estimate of drug-likeness (QED) is 0.192. The molecule has 10 rings (SSSR count). The molecular weight excluding hydrogens is 593 g/mol. The Labute approximate surface area is 275 Å². The minimum atomic E-state index is 0.637. The maximum absolute atomic E-state index is 6.48. The normalized spacial score (nSPS) is 11.8. The monoisotopic (exact) mass is 618 g/mol. The second kappa shape index (κ2) is 10.3. The van der Waals surface area contributed by atoms with Crippen molar-refractivity contribution in [2.75, 3.05) is 4.90 Å². The minimum Gasteiger partial charge on any atom is -0.435 e. The lowest BCUT2D eigenvalue weighted by molar-refractivity contribution is 0.590. The van der Waals surface area contributed by atoms with Crippen LogP contribution in [0.25, 0.3) is 76.1 Å². The summed E-state index contributed by atoms with van der Waals surface area (Å²) in [6.45, 7) is 0. The molecule has 9 aromatic rings. The van der Waals surface area contributed by atoms with Gasteiger partial charge in [-0.2, -0.15) is 0 Å². The van der Waals surface area contributed by atoms with Crippen molar-refractivity contribution in [1.29, 1.82) is 0 Å². The van der Waals surface area contributed by atoms with Crippen molar-refractivity contribution >= 4 is 59.3 Å². The Balaban J connectivity index is 1.09. The Morgan fingerprint density at radius 2 is 1.15 bits per heavy atom. The SMILES string of the molecule is c1ccc(-c2ccc(N(c3ccc(-c4nc5c(o4)-c4cccc6cccc-5c46)cc3)c3cccc4c3sc3ccccc34)cc2)cc1. The zero-order valence-corrected chi connectivity index (χ0v) is 26.0. The van der Waals surface area contributed by atoms with E-state index in [1.165, 1.54) is 42.1 Å². The summed E-state index contributed by atoms with van der Waals surface area (Å²) < 4.78 is 9.03. The molecule has 0 bridgehead atoms. The number of nitrogens with zero attached hydrogens (tertiary/aromatic N) is 2. The van der Waals surface area contributed by atoms with E-state index in [-0.39, 0.29) is 0 Å². The van der Waals surface area contributed by atoms with Crippen LogP contribution in [0.4, 0.5) is 17.1 Å². The van der Waals surface area contributed by atoms with E-state index in [4.69, 9.17) is 9.40 Å². The van der Waals surface area contributed by atoms with Crippen LogP contribution in [-0.2, 0) is 0 Å². The molecule has 2 aromatic heterocycles. The number of oxazole rings is 1. The van der Waals surface area contributed by atoms with E-state index in [2.05, 4.69) is 163 Å². The Morgan fingerprint density at radius 3 is 1.94 bits per heavy atom. The van der Waals surface area contributed by atoms with Crippen LogP contribution < -0.4 is 4.90 Å². The average molecular weight is 619 g/mol. The average Bonchev–Trinajstić information content (AvgIpc) is 3.83. The molecule has 0 spiro atoms. The van der Waals surface area contributed by atoms with E-state index >= 15 is 0 Å². The van der Waals surface area contributed by atoms with Gasteiger partial charge in [0.25, 0.3) is 0 Å². The second-order valence-corrected chi connectivity index (χ2v) is 13.0. The fourth-order valence-electron chi connectivity index (χ4n) is 7.06. The maximum Gasteiger partial charge on any atom is 0.227 e. The maximum atomic E-state index is 6.48. The van der Waals surface area contributed by atoms with E-state index in [9.17, 15) is 0 Å². The van der Waals surface area contributed by atoms with E-state index < -0.39 is 0 Å². The van der Waals surface area contributed by atoms with E-state index in [0.717, 1.165) is 45.2 Å². The summed E-state index contributed by atoms with van der Waals surface area (Å²) in [7, 11) is 0. The Kier molecular flexibility index (Phi) is 5.74. The molecule has 0 amide bonds. The Bertz CT molecular complexity index is 2560. The summed E-state index contributed by atoms with van der Waals surface area (Å²) in [6.07, 6.45) is 0. The molecule has 0 unspecified atom stereocenters. The summed E-state index contributed by atoms with van der Waals surface area (Å²) in [5.41, 5.74) is 9.86. The second-order valence-electron chi connectivity index (χ2n) is 12.0. The fourth-order valence-corrected chi connectivity index (χ4v) is 8.26. The van der Waals surface area contributed by atoms with Gasteiger partial charge in [-0.05, 0) is 65.0 Å². The van der Waals surface area contributed by atoms with Gasteiger partial charge in [0.2, 0.25) is 5.89 Å². The first-order chi connectivity index (χ1) is 23.3. The number of hydrogen-bond acceptors (Lipinski definition) is 4. The molecule has 1 aliphatic rings. The standard InChI is InChI=1S/C43H26N2OS/c1-2-9-27(10-3-1)28-19-23-31(24-20-28)45(37-17-8-14-34-33-13-4-5-18-38(33)47-42(34)37)32-25-21-30(22-26-32)43-44-40-35-15-6-11-29-12-7-16-36(39(29)35)41(40)46-43/h1-26H. The zero-order valence-electron chi connectivity index (χ0n) is 25.2. The molecule has 220 valence electrons. The van der Waals surface area contributed by atoms with Crippen molar-refractivity contribution < 1.29 is 4.42 Å². The number of rotatable bonds is 5. The van der Waals surface area contributed by atoms with Gasteiger partial charge >= 0.3 is 0 Å². The molecule has 0 radical (unpaired) electrons. The molecule has 2 heterocycles. The molecule has 4 heteroatoms. The molecule has 0 aliphatic heterocycles. The molecule has 0 atom stereocenters. The van der Waals surface area contributed by atoms with E-state index in [1.54, 1.807) is 0 Å². The lowest BCUT2D eigenvalue weighted by atomic mass is 10.0. The van der Waals surface area contributed by atoms with Crippen LogP contribution >= 0.6 is 11.3 Å². The van der Waals surface area contributed by atoms with Crippen molar-refractivity contribution in [3.8, 4) is 45.2 Å². The molecule has 47 heavy (non-hydrogen) atoms. The predicted molar refractivity (Wildman–Crippen MR) is 197 cm³/mol. The summed E-state index contributed by atoms with van der Waals surface area (Å²) in [4.78, 5) is 7.38. The number of aromatic nitrogens is 1. The first-order valence-corrected chi connectivity index (χ1v) is 16.6. The van der Waals surface area contributed by atoms with Gasteiger partial charge in [-0.15, -0.1) is 11.3 Å². The summed E-state index contributed by atoms with van der Waals surface area (Å²) >= 11 is 1.84. The van der Waals surface area contributed by atoms with Crippen LogP contribution in [0.3, 0.4) is 0 Å². The van der Waals surface area contributed by atoms with Crippen LogP contribution in [0, 0.1) is 0 Å². The van der Waals surface area contributed by atoms with Gasteiger partial charge in [0.05, 0.1) is 10.4 Å². The molecule has 0 N–H and O–H groups in total. The van der Waals surface area contributed by atoms with Crippen LogP contribution in [-0.4, -0.2) is 4.98 Å². The van der Waals surface area contributed by atoms with Gasteiger partial charge in [0.15, 0.2) is 5.76 Å². The number of benzene rings is 7. The Hall–Kier alpha value is -5.97. The fraction of sp³-hybridized carbons (Fsp3) is 0. The first kappa shape index (κ1) is 26.3.